The summed E-state index contributed by atoms with van der Waals surface area (Å²) in [6, 6.07) is 2.36. The van der Waals surface area contributed by atoms with Gasteiger partial charge in [0.15, 0.2) is 0 Å². The van der Waals surface area contributed by atoms with Gasteiger partial charge in [-0.2, -0.15) is 5.10 Å². The topological polar surface area (TPSA) is 72.1 Å². The third-order valence-corrected chi connectivity index (χ3v) is 6.45. The molecule has 146 valence electrons. The summed E-state index contributed by atoms with van der Waals surface area (Å²) in [5.74, 6) is 1.22. The van der Waals surface area contributed by atoms with Gasteiger partial charge in [0.25, 0.3) is 5.91 Å². The number of amides is 1. The van der Waals surface area contributed by atoms with Gasteiger partial charge in [-0.25, -0.2) is 0 Å². The summed E-state index contributed by atoms with van der Waals surface area (Å²) in [7, 11) is 3.84. The maximum absolute atomic E-state index is 13.1. The molecule has 2 saturated heterocycles. The van der Waals surface area contributed by atoms with Crippen LogP contribution in [-0.4, -0.2) is 72.5 Å². The second kappa shape index (κ2) is 6.74. The fourth-order valence-electron chi connectivity index (χ4n) is 4.77. The minimum atomic E-state index is 0.0194. The Bertz CT molecular complexity index is 816. The molecule has 4 rings (SSSR count). The second-order valence-electron chi connectivity index (χ2n) is 8.41. The smallest absolute Gasteiger partial charge is 0.274 e. The number of aryl methyl sites for hydroxylation is 2. The van der Waals surface area contributed by atoms with Crippen molar-refractivity contribution in [2.24, 2.45) is 19.5 Å². The van der Waals surface area contributed by atoms with E-state index in [9.17, 15) is 4.79 Å². The molecule has 8 heteroatoms. The number of nitrogens with zero attached hydrogens (tertiary/aromatic N) is 7. The van der Waals surface area contributed by atoms with Crippen molar-refractivity contribution < 1.29 is 4.79 Å². The van der Waals surface area contributed by atoms with E-state index in [-0.39, 0.29) is 17.2 Å². The van der Waals surface area contributed by atoms with Crippen molar-refractivity contribution in [1.82, 2.24) is 34.3 Å². The molecule has 2 fully saturated rings. The Hall–Kier alpha value is -2.22. The molecule has 0 radical (unpaired) electrons. The fraction of sp³-hybridized carbons (Fsp3) is 0.684. The highest BCUT2D eigenvalue weighted by atomic mass is 16.2. The SMILES string of the molecule is CC(C)N1CCC2(CC1)CN(C(=O)c1ccn(C)n1)CC2c1nncn1C. The van der Waals surface area contributed by atoms with Gasteiger partial charge in [0, 0.05) is 50.8 Å². The van der Waals surface area contributed by atoms with Crippen molar-refractivity contribution in [3.63, 3.8) is 0 Å². The molecule has 2 aromatic rings. The third-order valence-electron chi connectivity index (χ3n) is 6.45. The van der Waals surface area contributed by atoms with E-state index >= 15 is 0 Å². The first-order valence-corrected chi connectivity index (χ1v) is 9.76. The second-order valence-corrected chi connectivity index (χ2v) is 8.41. The quantitative estimate of drug-likeness (QED) is 0.813. The molecular weight excluding hydrogens is 342 g/mol. The van der Waals surface area contributed by atoms with Gasteiger partial charge in [0.05, 0.1) is 0 Å². The Labute approximate surface area is 160 Å². The zero-order valence-corrected chi connectivity index (χ0v) is 16.7. The van der Waals surface area contributed by atoms with Crippen molar-refractivity contribution in [3.05, 3.63) is 30.1 Å². The van der Waals surface area contributed by atoms with Crippen molar-refractivity contribution >= 4 is 5.91 Å². The summed E-state index contributed by atoms with van der Waals surface area (Å²) in [5, 5.41) is 12.8. The zero-order valence-electron chi connectivity index (χ0n) is 16.7. The summed E-state index contributed by atoms with van der Waals surface area (Å²) in [5.41, 5.74) is 0.585. The number of carbonyl (C=O) groups excluding carboxylic acids is 1. The highest BCUT2D eigenvalue weighted by Gasteiger charge is 2.51. The Balaban J connectivity index is 1.62. The minimum absolute atomic E-state index is 0.0194. The summed E-state index contributed by atoms with van der Waals surface area (Å²) < 4.78 is 3.69. The van der Waals surface area contributed by atoms with E-state index in [1.54, 1.807) is 17.1 Å². The molecule has 27 heavy (non-hydrogen) atoms. The van der Waals surface area contributed by atoms with Crippen molar-refractivity contribution in [1.29, 1.82) is 0 Å². The lowest BCUT2D eigenvalue weighted by Gasteiger charge is -2.43. The number of aromatic nitrogens is 5. The monoisotopic (exact) mass is 371 g/mol. The summed E-state index contributed by atoms with van der Waals surface area (Å²) in [4.78, 5) is 17.6. The standard InChI is InChI=1S/C19H29N7O/c1-14(2)25-9-6-19(7-10-25)12-26(18(27)16-5-8-24(4)22-16)11-15(19)17-21-20-13-23(17)3/h5,8,13-15H,6-7,9-12H2,1-4H3. The summed E-state index contributed by atoms with van der Waals surface area (Å²) >= 11 is 0. The lowest BCUT2D eigenvalue weighted by molar-refractivity contribution is 0.0642. The first-order valence-electron chi connectivity index (χ1n) is 9.76. The normalized spacial score (nSPS) is 22.9. The Morgan fingerprint density at radius 2 is 2.00 bits per heavy atom. The number of piperidine rings is 1. The zero-order chi connectivity index (χ0) is 19.2. The molecule has 0 N–H and O–H groups in total. The molecule has 0 aliphatic carbocycles. The van der Waals surface area contributed by atoms with Crippen LogP contribution in [0.2, 0.25) is 0 Å². The Kier molecular flexibility index (Phi) is 4.53. The predicted molar refractivity (Wildman–Crippen MR) is 101 cm³/mol. The van der Waals surface area contributed by atoms with Crippen LogP contribution in [0.25, 0.3) is 0 Å². The molecule has 1 unspecified atom stereocenters. The molecule has 0 saturated carbocycles. The van der Waals surface area contributed by atoms with Gasteiger partial charge in [-0.15, -0.1) is 10.2 Å². The third kappa shape index (κ3) is 3.16. The van der Waals surface area contributed by atoms with Gasteiger partial charge in [-0.3, -0.25) is 9.48 Å². The lowest BCUT2D eigenvalue weighted by Crippen LogP contribution is -2.46. The molecule has 2 aliphatic rings. The van der Waals surface area contributed by atoms with E-state index in [1.807, 2.05) is 29.8 Å². The number of rotatable bonds is 3. The predicted octanol–water partition coefficient (Wildman–Crippen LogP) is 1.28. The molecule has 0 aromatic carbocycles. The van der Waals surface area contributed by atoms with Crippen LogP contribution in [0.3, 0.4) is 0 Å². The lowest BCUT2D eigenvalue weighted by atomic mass is 9.70. The van der Waals surface area contributed by atoms with Crippen LogP contribution in [0.5, 0.6) is 0 Å². The van der Waals surface area contributed by atoms with Crippen molar-refractivity contribution in [2.45, 2.75) is 38.6 Å². The van der Waals surface area contributed by atoms with E-state index in [0.29, 0.717) is 18.3 Å². The molecule has 1 spiro atoms. The van der Waals surface area contributed by atoms with Crippen LogP contribution in [0.15, 0.2) is 18.6 Å². The van der Waals surface area contributed by atoms with Gasteiger partial charge in [-0.1, -0.05) is 0 Å². The number of likely N-dealkylation sites (tertiary alicyclic amines) is 2. The average Bonchev–Trinajstić information content (AvgIpc) is 3.34. The Morgan fingerprint density at radius 1 is 1.26 bits per heavy atom. The van der Waals surface area contributed by atoms with Crippen LogP contribution in [0.4, 0.5) is 0 Å². The van der Waals surface area contributed by atoms with E-state index in [1.165, 1.54) is 0 Å². The first-order chi connectivity index (χ1) is 12.9. The first kappa shape index (κ1) is 18.2. The molecule has 2 aliphatic heterocycles. The molecule has 1 amide bonds. The molecular formula is C19H29N7O. The van der Waals surface area contributed by atoms with Gasteiger partial charge in [0.2, 0.25) is 0 Å². The van der Waals surface area contributed by atoms with E-state index in [2.05, 4.69) is 34.0 Å². The fourth-order valence-corrected chi connectivity index (χ4v) is 4.77. The highest BCUT2D eigenvalue weighted by Crippen LogP contribution is 2.49. The molecule has 1 atom stereocenters. The van der Waals surface area contributed by atoms with E-state index < -0.39 is 0 Å². The average molecular weight is 371 g/mol. The molecule has 4 heterocycles. The maximum Gasteiger partial charge on any atom is 0.274 e. The number of hydrogen-bond donors (Lipinski definition) is 0. The minimum Gasteiger partial charge on any atom is -0.336 e. The highest BCUT2D eigenvalue weighted by molar-refractivity contribution is 5.92. The van der Waals surface area contributed by atoms with Crippen LogP contribution in [0.1, 0.15) is 48.9 Å². The molecule has 0 bridgehead atoms. The Morgan fingerprint density at radius 3 is 2.56 bits per heavy atom. The van der Waals surface area contributed by atoms with Gasteiger partial charge >= 0.3 is 0 Å². The van der Waals surface area contributed by atoms with E-state index in [0.717, 1.165) is 38.3 Å². The largest absolute Gasteiger partial charge is 0.336 e. The molecule has 2 aromatic heterocycles. The van der Waals surface area contributed by atoms with Crippen molar-refractivity contribution in [3.8, 4) is 0 Å². The molecule has 8 nitrogen and oxygen atoms in total. The van der Waals surface area contributed by atoms with Gasteiger partial charge in [0.1, 0.15) is 17.8 Å². The van der Waals surface area contributed by atoms with E-state index in [4.69, 9.17) is 0 Å². The van der Waals surface area contributed by atoms with Crippen LogP contribution >= 0.6 is 0 Å². The van der Waals surface area contributed by atoms with Crippen molar-refractivity contribution in [2.75, 3.05) is 26.2 Å². The van der Waals surface area contributed by atoms with Crippen LogP contribution < -0.4 is 0 Å². The number of hydrogen-bond acceptors (Lipinski definition) is 5. The van der Waals surface area contributed by atoms with Gasteiger partial charge in [-0.05, 0) is 45.8 Å². The summed E-state index contributed by atoms with van der Waals surface area (Å²) in [6.45, 7) is 8.10. The van der Waals surface area contributed by atoms with Crippen LogP contribution in [0, 0.1) is 5.41 Å². The maximum atomic E-state index is 13.1. The van der Waals surface area contributed by atoms with Gasteiger partial charge < -0.3 is 14.4 Å². The number of carbonyl (C=O) groups is 1. The summed E-state index contributed by atoms with van der Waals surface area (Å²) in [6.07, 6.45) is 5.74. The van der Waals surface area contributed by atoms with Crippen LogP contribution in [-0.2, 0) is 14.1 Å².